The SMILES string of the molecule is CC(C)NC(=O)c1ccc(Cl)cc1NC(=O)c1nccc2ccccc12. The number of carbonyl (C=O) groups excluding carboxylic acids is 2. The Labute approximate surface area is 156 Å². The summed E-state index contributed by atoms with van der Waals surface area (Å²) in [5.74, 6) is -0.680. The summed E-state index contributed by atoms with van der Waals surface area (Å²) in [7, 11) is 0. The van der Waals surface area contributed by atoms with Crippen molar-refractivity contribution < 1.29 is 9.59 Å². The Hall–Kier alpha value is -2.92. The molecule has 1 aromatic heterocycles. The van der Waals surface area contributed by atoms with Gasteiger partial charge in [0.1, 0.15) is 5.69 Å². The number of benzene rings is 2. The first-order chi connectivity index (χ1) is 12.5. The molecule has 2 amide bonds. The smallest absolute Gasteiger partial charge is 0.274 e. The van der Waals surface area contributed by atoms with E-state index < -0.39 is 5.91 Å². The first-order valence-corrected chi connectivity index (χ1v) is 8.59. The summed E-state index contributed by atoms with van der Waals surface area (Å²) in [6.45, 7) is 3.73. The van der Waals surface area contributed by atoms with Crippen molar-refractivity contribution in [3.63, 3.8) is 0 Å². The van der Waals surface area contributed by atoms with Crippen LogP contribution in [-0.2, 0) is 0 Å². The van der Waals surface area contributed by atoms with Gasteiger partial charge in [0.2, 0.25) is 0 Å². The van der Waals surface area contributed by atoms with Crippen molar-refractivity contribution in [3.05, 3.63) is 71.0 Å². The number of amides is 2. The number of nitrogens with zero attached hydrogens (tertiary/aromatic N) is 1. The summed E-state index contributed by atoms with van der Waals surface area (Å²) in [6.07, 6.45) is 1.58. The van der Waals surface area contributed by atoms with Crippen LogP contribution in [0.25, 0.3) is 10.8 Å². The average molecular weight is 368 g/mol. The van der Waals surface area contributed by atoms with E-state index in [0.717, 1.165) is 10.8 Å². The van der Waals surface area contributed by atoms with Gasteiger partial charge in [0.05, 0.1) is 11.3 Å². The van der Waals surface area contributed by atoms with E-state index >= 15 is 0 Å². The van der Waals surface area contributed by atoms with E-state index in [1.807, 2.05) is 44.2 Å². The minimum Gasteiger partial charge on any atom is -0.350 e. The van der Waals surface area contributed by atoms with Crippen LogP contribution in [0.1, 0.15) is 34.7 Å². The predicted octanol–water partition coefficient (Wildman–Crippen LogP) is 4.28. The monoisotopic (exact) mass is 367 g/mol. The fourth-order valence-corrected chi connectivity index (χ4v) is 2.81. The summed E-state index contributed by atoms with van der Waals surface area (Å²) in [5, 5.41) is 7.66. The Morgan fingerprint density at radius 2 is 1.81 bits per heavy atom. The first-order valence-electron chi connectivity index (χ1n) is 8.21. The third-order valence-electron chi connectivity index (χ3n) is 3.78. The maximum Gasteiger partial charge on any atom is 0.274 e. The quantitative estimate of drug-likeness (QED) is 0.723. The predicted molar refractivity (Wildman–Crippen MR) is 104 cm³/mol. The summed E-state index contributed by atoms with van der Waals surface area (Å²) < 4.78 is 0. The molecule has 132 valence electrons. The van der Waals surface area contributed by atoms with E-state index in [-0.39, 0.29) is 11.9 Å². The third kappa shape index (κ3) is 3.83. The molecule has 2 N–H and O–H groups in total. The molecule has 26 heavy (non-hydrogen) atoms. The van der Waals surface area contributed by atoms with Crippen LogP contribution >= 0.6 is 11.6 Å². The number of carbonyl (C=O) groups is 2. The average Bonchev–Trinajstić information content (AvgIpc) is 2.60. The zero-order valence-corrected chi connectivity index (χ0v) is 15.2. The fraction of sp³-hybridized carbons (Fsp3) is 0.150. The minimum absolute atomic E-state index is 0.0264. The maximum atomic E-state index is 12.8. The Morgan fingerprint density at radius 3 is 2.58 bits per heavy atom. The first kappa shape index (κ1) is 17.9. The second-order valence-corrected chi connectivity index (χ2v) is 6.59. The summed E-state index contributed by atoms with van der Waals surface area (Å²) >= 11 is 6.05. The zero-order chi connectivity index (χ0) is 18.7. The molecule has 1 heterocycles. The third-order valence-corrected chi connectivity index (χ3v) is 4.02. The summed E-state index contributed by atoms with van der Waals surface area (Å²) in [5.41, 5.74) is 0.977. The summed E-state index contributed by atoms with van der Waals surface area (Å²) in [6, 6.07) is 14.1. The molecule has 0 unspecified atom stereocenters. The maximum absolute atomic E-state index is 12.8. The van der Waals surface area contributed by atoms with Crippen molar-refractivity contribution in [2.45, 2.75) is 19.9 Å². The molecule has 0 radical (unpaired) electrons. The molecule has 5 nitrogen and oxygen atoms in total. The molecule has 0 fully saturated rings. The molecule has 3 rings (SSSR count). The molecule has 3 aromatic rings. The number of pyridine rings is 1. The molecule has 0 bridgehead atoms. The normalized spacial score (nSPS) is 10.8. The van der Waals surface area contributed by atoms with Gasteiger partial charge in [-0.05, 0) is 43.5 Å². The van der Waals surface area contributed by atoms with Crippen LogP contribution in [0.15, 0.2) is 54.7 Å². The molecule has 0 aliphatic rings. The Morgan fingerprint density at radius 1 is 1.04 bits per heavy atom. The zero-order valence-electron chi connectivity index (χ0n) is 14.4. The minimum atomic E-state index is -0.400. The standard InChI is InChI=1S/C20H18ClN3O2/c1-12(2)23-19(25)16-8-7-14(21)11-17(16)24-20(26)18-15-6-4-3-5-13(15)9-10-22-18/h3-12H,1-2H3,(H,23,25)(H,24,26). The molecule has 0 spiro atoms. The molecule has 0 saturated carbocycles. The van der Waals surface area contributed by atoms with Gasteiger partial charge >= 0.3 is 0 Å². The van der Waals surface area contributed by atoms with Crippen LogP contribution in [0, 0.1) is 0 Å². The lowest BCUT2D eigenvalue weighted by molar-refractivity contribution is 0.0944. The van der Waals surface area contributed by atoms with Gasteiger partial charge in [-0.2, -0.15) is 0 Å². The van der Waals surface area contributed by atoms with Gasteiger partial charge in [0.25, 0.3) is 11.8 Å². The number of rotatable bonds is 4. The molecular formula is C20H18ClN3O2. The van der Waals surface area contributed by atoms with Crippen molar-refractivity contribution in [1.29, 1.82) is 0 Å². The highest BCUT2D eigenvalue weighted by Crippen LogP contribution is 2.23. The van der Waals surface area contributed by atoms with Gasteiger partial charge in [-0.3, -0.25) is 14.6 Å². The van der Waals surface area contributed by atoms with Gasteiger partial charge in [-0.1, -0.05) is 35.9 Å². The van der Waals surface area contributed by atoms with Gasteiger partial charge < -0.3 is 10.6 Å². The molecule has 0 saturated heterocycles. The van der Waals surface area contributed by atoms with Crippen LogP contribution in [0.2, 0.25) is 5.02 Å². The van der Waals surface area contributed by atoms with Gasteiger partial charge in [-0.25, -0.2) is 0 Å². The van der Waals surface area contributed by atoms with Crippen molar-refractivity contribution in [1.82, 2.24) is 10.3 Å². The number of hydrogen-bond donors (Lipinski definition) is 2. The number of nitrogens with one attached hydrogen (secondary N) is 2. The van der Waals surface area contributed by atoms with Crippen molar-refractivity contribution in [2.75, 3.05) is 5.32 Å². The lowest BCUT2D eigenvalue weighted by Gasteiger charge is -2.14. The van der Waals surface area contributed by atoms with Crippen molar-refractivity contribution >= 4 is 39.9 Å². The number of fused-ring (bicyclic) bond motifs is 1. The van der Waals surface area contributed by atoms with Crippen LogP contribution < -0.4 is 10.6 Å². The largest absolute Gasteiger partial charge is 0.350 e. The van der Waals surface area contributed by atoms with E-state index in [4.69, 9.17) is 11.6 Å². The molecule has 2 aromatic carbocycles. The Balaban J connectivity index is 1.96. The van der Waals surface area contributed by atoms with Crippen molar-refractivity contribution in [2.24, 2.45) is 0 Å². The number of hydrogen-bond acceptors (Lipinski definition) is 3. The highest BCUT2D eigenvalue weighted by Gasteiger charge is 2.17. The molecular weight excluding hydrogens is 350 g/mol. The van der Waals surface area contributed by atoms with E-state index in [1.165, 1.54) is 0 Å². The second-order valence-electron chi connectivity index (χ2n) is 6.15. The Bertz CT molecular complexity index is 980. The van der Waals surface area contributed by atoms with Gasteiger partial charge in [-0.15, -0.1) is 0 Å². The lowest BCUT2D eigenvalue weighted by atomic mass is 10.1. The fourth-order valence-electron chi connectivity index (χ4n) is 2.64. The highest BCUT2D eigenvalue weighted by atomic mass is 35.5. The van der Waals surface area contributed by atoms with E-state index in [1.54, 1.807) is 24.4 Å². The van der Waals surface area contributed by atoms with Gasteiger partial charge in [0.15, 0.2) is 0 Å². The van der Waals surface area contributed by atoms with E-state index in [0.29, 0.717) is 22.0 Å². The van der Waals surface area contributed by atoms with Crippen molar-refractivity contribution in [3.8, 4) is 0 Å². The van der Waals surface area contributed by atoms with E-state index in [9.17, 15) is 9.59 Å². The molecule has 6 heteroatoms. The topological polar surface area (TPSA) is 71.1 Å². The number of anilines is 1. The number of aromatic nitrogens is 1. The second kappa shape index (κ2) is 7.54. The van der Waals surface area contributed by atoms with Gasteiger partial charge in [0, 0.05) is 22.6 Å². The molecule has 0 aliphatic carbocycles. The molecule has 0 atom stereocenters. The van der Waals surface area contributed by atoms with Crippen LogP contribution in [0.3, 0.4) is 0 Å². The van der Waals surface area contributed by atoms with Crippen LogP contribution in [-0.4, -0.2) is 22.8 Å². The summed E-state index contributed by atoms with van der Waals surface area (Å²) in [4.78, 5) is 29.4. The highest BCUT2D eigenvalue weighted by molar-refractivity contribution is 6.31. The van der Waals surface area contributed by atoms with Crippen LogP contribution in [0.4, 0.5) is 5.69 Å². The number of halogens is 1. The Kier molecular flexibility index (Phi) is 5.19. The lowest BCUT2D eigenvalue weighted by Crippen LogP contribution is -2.31. The van der Waals surface area contributed by atoms with Crippen LogP contribution in [0.5, 0.6) is 0 Å². The molecule has 0 aliphatic heterocycles. The van der Waals surface area contributed by atoms with E-state index in [2.05, 4.69) is 15.6 Å².